The van der Waals surface area contributed by atoms with E-state index in [1.807, 2.05) is 0 Å². The monoisotopic (exact) mass is 249 g/mol. The second-order valence-electron chi connectivity index (χ2n) is 3.61. The van der Waals surface area contributed by atoms with Crippen LogP contribution in [0, 0.1) is 0 Å². The Morgan fingerprint density at radius 2 is 1.61 bits per heavy atom. The third-order valence-electron chi connectivity index (χ3n) is 2.58. The van der Waals surface area contributed by atoms with E-state index in [1.54, 1.807) is 39.5 Å². The number of ether oxygens (including phenoxy) is 3. The lowest BCUT2D eigenvalue weighted by Gasteiger charge is -2.13. The molecule has 3 N–H and O–H groups in total. The zero-order valence-electron chi connectivity index (χ0n) is 10.5. The number of methoxy groups -OCH3 is 3. The molecule has 6 nitrogen and oxygen atoms in total. The van der Waals surface area contributed by atoms with Crippen molar-refractivity contribution in [2.75, 3.05) is 27.1 Å². The van der Waals surface area contributed by atoms with Gasteiger partial charge in [0.05, 0.1) is 32.6 Å². The number of nitrogen functional groups attached to an aromatic ring is 1. The average Bonchev–Trinajstić information content (AvgIpc) is 2.83. The van der Waals surface area contributed by atoms with Crippen LogP contribution in [0.2, 0.25) is 0 Å². The van der Waals surface area contributed by atoms with Gasteiger partial charge in [-0.25, -0.2) is 0 Å². The highest BCUT2D eigenvalue weighted by Gasteiger charge is 2.16. The predicted molar refractivity (Wildman–Crippen MR) is 68.1 cm³/mol. The number of H-pyrrole nitrogens is 1. The van der Waals surface area contributed by atoms with E-state index in [-0.39, 0.29) is 0 Å². The van der Waals surface area contributed by atoms with Gasteiger partial charge in [-0.3, -0.25) is 5.10 Å². The number of benzene rings is 1. The first-order chi connectivity index (χ1) is 8.69. The summed E-state index contributed by atoms with van der Waals surface area (Å²) >= 11 is 0. The smallest absolute Gasteiger partial charge is 0.145 e. The standard InChI is InChI=1S/C12H15N3O3/c1-16-7-4-9(17-2)12(10(5-7)18-3)8-6-11(13)15-14-8/h4-6H,1-3H3,(H3,13,14,15). The first-order valence-electron chi connectivity index (χ1n) is 5.31. The number of aromatic amines is 1. The molecule has 0 amide bonds. The van der Waals surface area contributed by atoms with E-state index in [1.165, 1.54) is 0 Å². The van der Waals surface area contributed by atoms with Gasteiger partial charge in [-0.1, -0.05) is 0 Å². The molecular formula is C12H15N3O3. The summed E-state index contributed by atoms with van der Waals surface area (Å²) in [5, 5.41) is 6.73. The molecule has 1 aromatic heterocycles. The summed E-state index contributed by atoms with van der Waals surface area (Å²) in [6, 6.07) is 5.26. The summed E-state index contributed by atoms with van der Waals surface area (Å²) in [6.07, 6.45) is 0. The minimum Gasteiger partial charge on any atom is -0.496 e. The lowest BCUT2D eigenvalue weighted by atomic mass is 10.1. The summed E-state index contributed by atoms with van der Waals surface area (Å²) in [4.78, 5) is 0. The molecule has 0 aliphatic rings. The number of nitrogens with one attached hydrogen (secondary N) is 1. The van der Waals surface area contributed by atoms with Crippen molar-refractivity contribution in [1.29, 1.82) is 0 Å². The molecule has 1 aromatic carbocycles. The van der Waals surface area contributed by atoms with E-state index in [0.717, 1.165) is 11.3 Å². The Bertz CT molecular complexity index is 526. The highest BCUT2D eigenvalue weighted by atomic mass is 16.5. The third kappa shape index (κ3) is 2.04. The van der Waals surface area contributed by atoms with Crippen molar-refractivity contribution >= 4 is 5.82 Å². The first-order valence-corrected chi connectivity index (χ1v) is 5.31. The van der Waals surface area contributed by atoms with Crippen LogP contribution in [-0.4, -0.2) is 31.5 Å². The number of aromatic nitrogens is 2. The van der Waals surface area contributed by atoms with Crippen LogP contribution < -0.4 is 19.9 Å². The van der Waals surface area contributed by atoms with Crippen molar-refractivity contribution in [1.82, 2.24) is 10.2 Å². The van der Waals surface area contributed by atoms with Gasteiger partial charge in [-0.05, 0) is 0 Å². The van der Waals surface area contributed by atoms with Crippen LogP contribution in [-0.2, 0) is 0 Å². The fraction of sp³-hybridized carbons (Fsp3) is 0.250. The topological polar surface area (TPSA) is 82.4 Å². The number of rotatable bonds is 4. The summed E-state index contributed by atoms with van der Waals surface area (Å²) in [5.74, 6) is 2.30. The Labute approximate surface area is 105 Å². The molecule has 0 bridgehead atoms. The summed E-state index contributed by atoms with van der Waals surface area (Å²) in [6.45, 7) is 0. The SMILES string of the molecule is COc1cc(OC)c(-c2cc(N)n[nH]2)c(OC)c1. The first kappa shape index (κ1) is 12.1. The molecule has 0 spiro atoms. The van der Waals surface area contributed by atoms with Crippen molar-refractivity contribution in [3.05, 3.63) is 18.2 Å². The summed E-state index contributed by atoms with van der Waals surface area (Å²) in [7, 11) is 4.75. The highest BCUT2D eigenvalue weighted by molar-refractivity contribution is 5.77. The third-order valence-corrected chi connectivity index (χ3v) is 2.58. The largest absolute Gasteiger partial charge is 0.496 e. The molecule has 2 rings (SSSR count). The van der Waals surface area contributed by atoms with Crippen LogP contribution in [0.25, 0.3) is 11.3 Å². The van der Waals surface area contributed by atoms with Crippen LogP contribution >= 0.6 is 0 Å². The van der Waals surface area contributed by atoms with E-state index in [9.17, 15) is 0 Å². The van der Waals surface area contributed by atoms with E-state index in [2.05, 4.69) is 10.2 Å². The van der Waals surface area contributed by atoms with Gasteiger partial charge in [0.1, 0.15) is 23.1 Å². The molecule has 0 fully saturated rings. The van der Waals surface area contributed by atoms with Crippen LogP contribution in [0.4, 0.5) is 5.82 Å². The number of hydrogen-bond donors (Lipinski definition) is 2. The van der Waals surface area contributed by atoms with Crippen molar-refractivity contribution < 1.29 is 14.2 Å². The Morgan fingerprint density at radius 3 is 2.00 bits per heavy atom. The predicted octanol–water partition coefficient (Wildman–Crippen LogP) is 1.68. The number of nitrogens with two attached hydrogens (primary N) is 1. The fourth-order valence-corrected chi connectivity index (χ4v) is 1.74. The molecule has 6 heteroatoms. The minimum atomic E-state index is 0.407. The second-order valence-corrected chi connectivity index (χ2v) is 3.61. The lowest BCUT2D eigenvalue weighted by Crippen LogP contribution is -1.95. The molecule has 18 heavy (non-hydrogen) atoms. The molecule has 1 heterocycles. The Kier molecular flexibility index (Phi) is 3.27. The average molecular weight is 249 g/mol. The van der Waals surface area contributed by atoms with Gasteiger partial charge in [0.2, 0.25) is 0 Å². The molecule has 0 unspecified atom stereocenters. The molecule has 2 aromatic rings. The fourth-order valence-electron chi connectivity index (χ4n) is 1.74. The minimum absolute atomic E-state index is 0.407. The molecule has 96 valence electrons. The number of hydrogen-bond acceptors (Lipinski definition) is 5. The van der Waals surface area contributed by atoms with Gasteiger partial charge in [0, 0.05) is 18.2 Å². The Morgan fingerprint density at radius 1 is 1.00 bits per heavy atom. The molecule has 0 aliphatic heterocycles. The number of anilines is 1. The molecule has 0 atom stereocenters. The molecular weight excluding hydrogens is 234 g/mol. The van der Waals surface area contributed by atoms with Crippen LogP contribution in [0.1, 0.15) is 0 Å². The van der Waals surface area contributed by atoms with Crippen LogP contribution in [0.15, 0.2) is 18.2 Å². The maximum atomic E-state index is 5.61. The molecule has 0 aliphatic carbocycles. The zero-order valence-corrected chi connectivity index (χ0v) is 10.5. The maximum absolute atomic E-state index is 5.61. The highest BCUT2D eigenvalue weighted by Crippen LogP contribution is 2.41. The molecule has 0 saturated carbocycles. The van der Waals surface area contributed by atoms with Gasteiger partial charge < -0.3 is 19.9 Å². The normalized spacial score (nSPS) is 10.2. The van der Waals surface area contributed by atoms with Gasteiger partial charge in [0.15, 0.2) is 0 Å². The van der Waals surface area contributed by atoms with Crippen LogP contribution in [0.3, 0.4) is 0 Å². The van der Waals surface area contributed by atoms with E-state index >= 15 is 0 Å². The van der Waals surface area contributed by atoms with Crippen molar-refractivity contribution in [3.63, 3.8) is 0 Å². The molecule has 0 saturated heterocycles. The zero-order chi connectivity index (χ0) is 13.1. The molecule has 0 radical (unpaired) electrons. The Hall–Kier alpha value is -2.37. The Balaban J connectivity index is 2.63. The quantitative estimate of drug-likeness (QED) is 0.861. The van der Waals surface area contributed by atoms with Crippen LogP contribution in [0.5, 0.6) is 17.2 Å². The van der Waals surface area contributed by atoms with Gasteiger partial charge in [0.25, 0.3) is 0 Å². The second kappa shape index (κ2) is 4.87. The van der Waals surface area contributed by atoms with E-state index in [0.29, 0.717) is 23.1 Å². The number of nitrogens with zero attached hydrogens (tertiary/aromatic N) is 1. The van der Waals surface area contributed by atoms with E-state index in [4.69, 9.17) is 19.9 Å². The van der Waals surface area contributed by atoms with Gasteiger partial charge >= 0.3 is 0 Å². The van der Waals surface area contributed by atoms with Gasteiger partial charge in [-0.15, -0.1) is 0 Å². The summed E-state index contributed by atoms with van der Waals surface area (Å²) < 4.78 is 15.9. The van der Waals surface area contributed by atoms with Crippen molar-refractivity contribution in [2.24, 2.45) is 0 Å². The maximum Gasteiger partial charge on any atom is 0.145 e. The lowest BCUT2D eigenvalue weighted by molar-refractivity contribution is 0.377. The summed E-state index contributed by atoms with van der Waals surface area (Å²) in [5.41, 5.74) is 7.09. The van der Waals surface area contributed by atoms with Gasteiger partial charge in [-0.2, -0.15) is 5.10 Å². The van der Waals surface area contributed by atoms with Crippen molar-refractivity contribution in [2.45, 2.75) is 0 Å². The van der Waals surface area contributed by atoms with E-state index < -0.39 is 0 Å². The van der Waals surface area contributed by atoms with Crippen molar-refractivity contribution in [3.8, 4) is 28.5 Å².